The summed E-state index contributed by atoms with van der Waals surface area (Å²) in [6, 6.07) is -0.338. The molecule has 0 saturated carbocycles. The van der Waals surface area contributed by atoms with Gasteiger partial charge in [-0.3, -0.25) is 15.0 Å². The quantitative estimate of drug-likeness (QED) is 0.746. The first-order valence-electron chi connectivity index (χ1n) is 6.48. The van der Waals surface area contributed by atoms with Crippen LogP contribution >= 0.6 is 0 Å². The molecule has 1 unspecified atom stereocenters. The monoisotopic (exact) mass is 263 g/mol. The van der Waals surface area contributed by atoms with Crippen LogP contribution in [-0.2, 0) is 4.79 Å². The summed E-state index contributed by atoms with van der Waals surface area (Å²) >= 11 is 0. The number of carbonyl (C=O) groups is 1. The zero-order chi connectivity index (χ0) is 13.8. The lowest BCUT2D eigenvalue weighted by atomic mass is 10.2. The minimum Gasteiger partial charge on any atom is -0.353 e. The third-order valence-electron chi connectivity index (χ3n) is 3.26. The smallest absolute Gasteiger partial charge is 0.262 e. The SMILES string of the molecule is CCN(CCNC(=O)C1CC(F)(F)CN1)C(C)C. The van der Waals surface area contributed by atoms with Gasteiger partial charge in [0.15, 0.2) is 0 Å². The Kier molecular flexibility index (Phi) is 5.47. The van der Waals surface area contributed by atoms with Gasteiger partial charge < -0.3 is 5.32 Å². The van der Waals surface area contributed by atoms with E-state index in [9.17, 15) is 13.6 Å². The average Bonchev–Trinajstić information content (AvgIpc) is 2.64. The van der Waals surface area contributed by atoms with Gasteiger partial charge in [0, 0.05) is 25.6 Å². The number of rotatable bonds is 6. The standard InChI is InChI=1S/C12H23F2N3O/c1-4-17(9(2)3)6-5-15-11(18)10-7-12(13,14)8-16-10/h9-10,16H,4-8H2,1-3H3,(H,15,18). The van der Waals surface area contributed by atoms with Crippen LogP contribution in [0.4, 0.5) is 8.78 Å². The van der Waals surface area contributed by atoms with E-state index >= 15 is 0 Å². The van der Waals surface area contributed by atoms with Crippen molar-refractivity contribution in [2.75, 3.05) is 26.2 Å². The summed E-state index contributed by atoms with van der Waals surface area (Å²) in [6.07, 6.45) is -0.402. The Morgan fingerprint density at radius 3 is 2.67 bits per heavy atom. The lowest BCUT2D eigenvalue weighted by molar-refractivity contribution is -0.123. The molecule has 1 rings (SSSR count). The second-order valence-corrected chi connectivity index (χ2v) is 5.01. The molecule has 1 aliphatic rings. The van der Waals surface area contributed by atoms with Gasteiger partial charge in [0.2, 0.25) is 5.91 Å². The van der Waals surface area contributed by atoms with Crippen molar-refractivity contribution in [3.8, 4) is 0 Å². The zero-order valence-corrected chi connectivity index (χ0v) is 11.3. The molecule has 2 N–H and O–H groups in total. The van der Waals surface area contributed by atoms with E-state index in [1.165, 1.54) is 0 Å². The first-order valence-corrected chi connectivity index (χ1v) is 6.48. The first kappa shape index (κ1) is 15.3. The Bertz CT molecular complexity index is 284. The highest BCUT2D eigenvalue weighted by atomic mass is 19.3. The molecule has 0 bridgehead atoms. The van der Waals surface area contributed by atoms with Crippen molar-refractivity contribution in [1.82, 2.24) is 15.5 Å². The van der Waals surface area contributed by atoms with E-state index in [-0.39, 0.29) is 5.91 Å². The van der Waals surface area contributed by atoms with E-state index in [0.717, 1.165) is 13.1 Å². The third kappa shape index (κ3) is 4.49. The molecule has 0 aliphatic carbocycles. The molecular formula is C12H23F2N3O. The summed E-state index contributed by atoms with van der Waals surface area (Å²) in [7, 11) is 0. The minimum absolute atomic E-state index is 0.327. The van der Waals surface area contributed by atoms with Crippen LogP contribution in [0.2, 0.25) is 0 Å². The molecule has 6 heteroatoms. The molecule has 0 radical (unpaired) electrons. The van der Waals surface area contributed by atoms with Crippen LogP contribution in [0.15, 0.2) is 0 Å². The molecule has 0 aromatic heterocycles. The van der Waals surface area contributed by atoms with Gasteiger partial charge in [-0.25, -0.2) is 8.78 Å². The molecule has 1 atom stereocenters. The van der Waals surface area contributed by atoms with Gasteiger partial charge in [-0.1, -0.05) is 6.92 Å². The number of likely N-dealkylation sites (N-methyl/N-ethyl adjacent to an activating group) is 1. The van der Waals surface area contributed by atoms with E-state index < -0.39 is 24.9 Å². The van der Waals surface area contributed by atoms with E-state index in [2.05, 4.69) is 36.3 Å². The number of hydrogen-bond donors (Lipinski definition) is 2. The predicted molar refractivity (Wildman–Crippen MR) is 66.7 cm³/mol. The van der Waals surface area contributed by atoms with Crippen molar-refractivity contribution < 1.29 is 13.6 Å². The van der Waals surface area contributed by atoms with Crippen molar-refractivity contribution in [3.63, 3.8) is 0 Å². The highest BCUT2D eigenvalue weighted by Crippen LogP contribution is 2.24. The van der Waals surface area contributed by atoms with E-state index in [1.807, 2.05) is 0 Å². The fourth-order valence-corrected chi connectivity index (χ4v) is 2.13. The first-order chi connectivity index (χ1) is 8.35. The summed E-state index contributed by atoms with van der Waals surface area (Å²) in [6.45, 7) is 7.97. The van der Waals surface area contributed by atoms with Crippen molar-refractivity contribution in [3.05, 3.63) is 0 Å². The molecule has 1 saturated heterocycles. The van der Waals surface area contributed by atoms with Crippen molar-refractivity contribution in [2.24, 2.45) is 0 Å². The maximum atomic E-state index is 12.9. The van der Waals surface area contributed by atoms with E-state index in [0.29, 0.717) is 12.6 Å². The molecule has 0 aromatic carbocycles. The molecule has 4 nitrogen and oxygen atoms in total. The maximum absolute atomic E-state index is 12.9. The van der Waals surface area contributed by atoms with Gasteiger partial charge >= 0.3 is 0 Å². The number of halogens is 2. The summed E-state index contributed by atoms with van der Waals surface area (Å²) in [5.74, 6) is -3.08. The van der Waals surface area contributed by atoms with Crippen LogP contribution in [0.25, 0.3) is 0 Å². The number of nitrogens with one attached hydrogen (secondary N) is 2. The van der Waals surface area contributed by atoms with Gasteiger partial charge in [0.1, 0.15) is 0 Å². The lowest BCUT2D eigenvalue weighted by Crippen LogP contribution is -2.44. The number of carbonyl (C=O) groups excluding carboxylic acids is 1. The van der Waals surface area contributed by atoms with Crippen LogP contribution < -0.4 is 10.6 Å². The Balaban J connectivity index is 2.26. The molecule has 1 aliphatic heterocycles. The molecule has 1 fully saturated rings. The van der Waals surface area contributed by atoms with Crippen molar-refractivity contribution in [1.29, 1.82) is 0 Å². The summed E-state index contributed by atoms with van der Waals surface area (Å²) < 4.78 is 25.8. The van der Waals surface area contributed by atoms with Crippen LogP contribution in [0.1, 0.15) is 27.2 Å². The molecule has 18 heavy (non-hydrogen) atoms. The van der Waals surface area contributed by atoms with E-state index in [4.69, 9.17) is 0 Å². The van der Waals surface area contributed by atoms with Crippen molar-refractivity contribution in [2.45, 2.75) is 45.2 Å². The Labute approximate surface area is 107 Å². The Morgan fingerprint density at radius 1 is 1.56 bits per heavy atom. The van der Waals surface area contributed by atoms with Crippen LogP contribution in [0.5, 0.6) is 0 Å². The molecule has 1 heterocycles. The predicted octanol–water partition coefficient (Wildman–Crippen LogP) is 0.830. The summed E-state index contributed by atoms with van der Waals surface area (Å²) in [4.78, 5) is 13.9. The summed E-state index contributed by atoms with van der Waals surface area (Å²) in [5.41, 5.74) is 0. The van der Waals surface area contributed by atoms with Crippen LogP contribution in [0, 0.1) is 0 Å². The molecule has 0 spiro atoms. The average molecular weight is 263 g/mol. The van der Waals surface area contributed by atoms with Gasteiger partial charge in [-0.2, -0.15) is 0 Å². The number of hydrogen-bond acceptors (Lipinski definition) is 3. The molecule has 0 aromatic rings. The fourth-order valence-electron chi connectivity index (χ4n) is 2.13. The van der Waals surface area contributed by atoms with Gasteiger partial charge in [-0.05, 0) is 20.4 Å². The maximum Gasteiger partial charge on any atom is 0.262 e. The van der Waals surface area contributed by atoms with Gasteiger partial charge in [0.25, 0.3) is 5.92 Å². The topological polar surface area (TPSA) is 44.4 Å². The number of alkyl halides is 2. The van der Waals surface area contributed by atoms with Crippen LogP contribution in [0.3, 0.4) is 0 Å². The molecular weight excluding hydrogens is 240 g/mol. The fraction of sp³-hybridized carbons (Fsp3) is 0.917. The number of nitrogens with zero attached hydrogens (tertiary/aromatic N) is 1. The lowest BCUT2D eigenvalue weighted by Gasteiger charge is -2.25. The van der Waals surface area contributed by atoms with E-state index in [1.54, 1.807) is 0 Å². The van der Waals surface area contributed by atoms with Gasteiger partial charge in [-0.15, -0.1) is 0 Å². The second kappa shape index (κ2) is 6.43. The Hall–Kier alpha value is -0.750. The molecule has 106 valence electrons. The minimum atomic E-state index is -2.75. The number of amides is 1. The highest BCUT2D eigenvalue weighted by molar-refractivity contribution is 5.82. The highest BCUT2D eigenvalue weighted by Gasteiger charge is 2.42. The molecule has 1 amide bonds. The zero-order valence-electron chi connectivity index (χ0n) is 11.3. The largest absolute Gasteiger partial charge is 0.353 e. The van der Waals surface area contributed by atoms with Crippen molar-refractivity contribution >= 4 is 5.91 Å². The Morgan fingerprint density at radius 2 is 2.22 bits per heavy atom. The summed E-state index contributed by atoms with van der Waals surface area (Å²) in [5, 5.41) is 5.25. The van der Waals surface area contributed by atoms with Gasteiger partial charge in [0.05, 0.1) is 12.6 Å². The van der Waals surface area contributed by atoms with Crippen LogP contribution in [-0.4, -0.2) is 55.0 Å². The third-order valence-corrected chi connectivity index (χ3v) is 3.26. The second-order valence-electron chi connectivity index (χ2n) is 5.01. The normalized spacial score (nSPS) is 22.7.